The van der Waals surface area contributed by atoms with Gasteiger partial charge >= 0.3 is 5.69 Å². The lowest BCUT2D eigenvalue weighted by atomic mass is 9.79. The van der Waals surface area contributed by atoms with E-state index in [1.165, 1.54) is 45.2 Å². The van der Waals surface area contributed by atoms with Crippen molar-refractivity contribution in [2.45, 2.75) is 91.5 Å². The number of halogens is 1. The highest BCUT2D eigenvalue weighted by molar-refractivity contribution is 7.21. The quantitative estimate of drug-likeness (QED) is 0.255. The van der Waals surface area contributed by atoms with Gasteiger partial charge in [0.15, 0.2) is 5.78 Å². The number of hydrogen-bond donors (Lipinski definition) is 0. The molecule has 0 radical (unpaired) electrons. The highest BCUT2D eigenvalue weighted by Crippen LogP contribution is 2.35. The van der Waals surface area contributed by atoms with E-state index in [1.54, 1.807) is 26.8 Å². The summed E-state index contributed by atoms with van der Waals surface area (Å²) >= 11 is 1.22. The molecule has 1 atom stereocenters. The molecule has 0 N–H and O–H groups in total. The van der Waals surface area contributed by atoms with Gasteiger partial charge in [0.05, 0.1) is 30.4 Å². The molecule has 3 heterocycles. The number of fused-ring (bicyclic) bond motifs is 1. The monoisotopic (exact) mass is 581 g/mol. The maximum absolute atomic E-state index is 14.4. The van der Waals surface area contributed by atoms with Gasteiger partial charge in [-0.05, 0) is 70.7 Å². The fourth-order valence-corrected chi connectivity index (χ4v) is 6.72. The molecule has 1 saturated carbocycles. The molecule has 3 aromatic heterocycles. The number of hydrogen-bond acceptors (Lipinski definition) is 7. The number of ether oxygens (including phenoxy) is 1. The number of aromatic nitrogens is 5. The first-order valence-electron chi connectivity index (χ1n) is 14.0. The zero-order valence-corrected chi connectivity index (χ0v) is 25.1. The molecule has 0 aliphatic heterocycles. The first kappa shape index (κ1) is 29.1. The first-order chi connectivity index (χ1) is 19.4. The average molecular weight is 582 g/mol. The summed E-state index contributed by atoms with van der Waals surface area (Å²) < 4.78 is 23.3. The number of thiophene rings is 1. The van der Waals surface area contributed by atoms with Gasteiger partial charge < -0.3 is 4.74 Å². The summed E-state index contributed by atoms with van der Waals surface area (Å²) in [7, 11) is 0. The minimum Gasteiger partial charge on any atom is -0.369 e. The lowest BCUT2D eigenvalue weighted by Crippen LogP contribution is -2.53. The molecule has 11 heteroatoms. The highest BCUT2D eigenvalue weighted by atomic mass is 32.1. The predicted octanol–water partition coefficient (Wildman–Crippen LogP) is 5.22. The Hall–Kier alpha value is -3.44. The number of carbonyl (C=O) groups is 1. The summed E-state index contributed by atoms with van der Waals surface area (Å²) in [6.07, 6.45) is 5.52. The SMILES string of the molecule is Cc1ccc(F)cc1[C@H](Cn1c(=O)n(C(C)(C)C(=O)CC2CCC2)c(=O)c2c(C)c(-n3nccn3)sc21)OC(C)C. The fraction of sp³-hybridized carbons (Fsp3) is 0.500. The molecule has 0 saturated heterocycles. The van der Waals surface area contributed by atoms with Gasteiger partial charge in [-0.2, -0.15) is 10.2 Å². The van der Waals surface area contributed by atoms with Crippen LogP contribution in [-0.2, 0) is 21.6 Å². The van der Waals surface area contributed by atoms with Crippen molar-refractivity contribution in [2.24, 2.45) is 5.92 Å². The molecule has 1 aliphatic carbocycles. The van der Waals surface area contributed by atoms with Gasteiger partial charge in [-0.3, -0.25) is 14.2 Å². The molecule has 0 bridgehead atoms. The van der Waals surface area contributed by atoms with Crippen LogP contribution in [0.5, 0.6) is 0 Å². The molecule has 218 valence electrons. The second kappa shape index (κ2) is 11.1. The van der Waals surface area contributed by atoms with E-state index in [9.17, 15) is 18.8 Å². The van der Waals surface area contributed by atoms with E-state index in [1.807, 2.05) is 20.8 Å². The number of nitrogens with zero attached hydrogens (tertiary/aromatic N) is 5. The smallest absolute Gasteiger partial charge is 0.333 e. The molecule has 41 heavy (non-hydrogen) atoms. The third-order valence-electron chi connectivity index (χ3n) is 8.10. The van der Waals surface area contributed by atoms with Crippen molar-refractivity contribution in [1.29, 1.82) is 0 Å². The number of benzene rings is 1. The van der Waals surface area contributed by atoms with Crippen molar-refractivity contribution in [3.63, 3.8) is 0 Å². The lowest BCUT2D eigenvalue weighted by molar-refractivity contribution is -0.128. The number of aryl methyl sites for hydroxylation is 2. The normalized spacial score (nSPS) is 15.0. The third-order valence-corrected chi connectivity index (χ3v) is 9.38. The van der Waals surface area contributed by atoms with Crippen LogP contribution in [0.1, 0.15) is 76.2 Å². The van der Waals surface area contributed by atoms with Crippen LogP contribution in [0.3, 0.4) is 0 Å². The van der Waals surface area contributed by atoms with E-state index in [4.69, 9.17) is 4.74 Å². The molecule has 9 nitrogen and oxygen atoms in total. The summed E-state index contributed by atoms with van der Waals surface area (Å²) in [5.74, 6) is -0.277. The Morgan fingerprint density at radius 2 is 1.85 bits per heavy atom. The Labute approximate surface area is 241 Å². The van der Waals surface area contributed by atoms with E-state index in [0.717, 1.165) is 29.4 Å². The first-order valence-corrected chi connectivity index (χ1v) is 14.8. The number of rotatable bonds is 10. The van der Waals surface area contributed by atoms with Crippen LogP contribution in [0.2, 0.25) is 0 Å². The van der Waals surface area contributed by atoms with Crippen LogP contribution in [0.4, 0.5) is 4.39 Å². The average Bonchev–Trinajstić information content (AvgIpc) is 3.52. The van der Waals surface area contributed by atoms with Crippen molar-refractivity contribution in [1.82, 2.24) is 24.1 Å². The number of Topliss-reactive ketones (excluding diaryl/α,β-unsaturated/α-hetero) is 1. The zero-order chi connectivity index (χ0) is 29.6. The van der Waals surface area contributed by atoms with E-state index in [2.05, 4.69) is 10.2 Å². The van der Waals surface area contributed by atoms with Gasteiger partial charge in [0.2, 0.25) is 0 Å². The number of ketones is 1. The maximum Gasteiger partial charge on any atom is 0.333 e. The van der Waals surface area contributed by atoms with E-state index >= 15 is 0 Å². The summed E-state index contributed by atoms with van der Waals surface area (Å²) in [6, 6.07) is 4.49. The Morgan fingerprint density at radius 3 is 2.46 bits per heavy atom. The third kappa shape index (κ3) is 5.32. The maximum atomic E-state index is 14.4. The second-order valence-corrected chi connectivity index (χ2v) is 12.7. The number of carbonyl (C=O) groups excluding carboxylic acids is 1. The standard InChI is InChI=1S/C30H36FN5O4S/c1-17(2)40-23(22-15-21(31)11-10-18(22)3)16-34-28-25(19(4)27(41-28)36-32-12-13-33-36)26(38)35(29(34)39)30(5,6)24(37)14-20-8-7-9-20/h10-13,15,17,20,23H,7-9,14,16H2,1-6H3/t23-/m0/s1. The molecule has 0 amide bonds. The zero-order valence-electron chi connectivity index (χ0n) is 24.3. The summed E-state index contributed by atoms with van der Waals surface area (Å²) in [4.78, 5) is 43.9. The summed E-state index contributed by atoms with van der Waals surface area (Å²) in [5.41, 5.74) is -0.472. The van der Waals surface area contributed by atoms with Gasteiger partial charge in [-0.25, -0.2) is 13.8 Å². The molecule has 5 rings (SSSR count). The lowest BCUT2D eigenvalue weighted by Gasteiger charge is -2.31. The predicted molar refractivity (Wildman–Crippen MR) is 156 cm³/mol. The minimum atomic E-state index is -1.37. The molecule has 0 spiro atoms. The molecule has 1 aromatic carbocycles. The Balaban J connectivity index is 1.75. The van der Waals surface area contributed by atoms with Crippen LogP contribution < -0.4 is 11.2 Å². The van der Waals surface area contributed by atoms with E-state index < -0.39 is 28.7 Å². The van der Waals surface area contributed by atoms with E-state index in [-0.39, 0.29) is 24.3 Å². The van der Waals surface area contributed by atoms with Gasteiger partial charge in [-0.1, -0.05) is 36.7 Å². The minimum absolute atomic E-state index is 0.0108. The van der Waals surface area contributed by atoms with E-state index in [0.29, 0.717) is 32.8 Å². The van der Waals surface area contributed by atoms with Crippen LogP contribution in [0.15, 0.2) is 40.2 Å². The molecular weight excluding hydrogens is 545 g/mol. The van der Waals surface area contributed by atoms with Crippen LogP contribution in [0.25, 0.3) is 15.2 Å². The molecule has 1 aliphatic rings. The molecular formula is C30H36FN5O4S. The largest absolute Gasteiger partial charge is 0.369 e. The fourth-order valence-electron chi connectivity index (χ4n) is 5.50. The van der Waals surface area contributed by atoms with Crippen LogP contribution in [-0.4, -0.2) is 36.0 Å². The molecule has 4 aromatic rings. The summed E-state index contributed by atoms with van der Waals surface area (Å²) in [6.45, 7) is 10.7. The van der Waals surface area contributed by atoms with Crippen LogP contribution in [0, 0.1) is 25.6 Å². The van der Waals surface area contributed by atoms with Crippen molar-refractivity contribution >= 4 is 27.3 Å². The van der Waals surface area contributed by atoms with Gasteiger partial charge in [0, 0.05) is 12.0 Å². The second-order valence-electron chi connectivity index (χ2n) is 11.7. The van der Waals surface area contributed by atoms with Crippen LogP contribution >= 0.6 is 11.3 Å². The Kier molecular flexibility index (Phi) is 7.86. The molecule has 0 unspecified atom stereocenters. The highest BCUT2D eigenvalue weighted by Gasteiger charge is 2.37. The van der Waals surface area contributed by atoms with Crippen molar-refractivity contribution < 1.29 is 13.9 Å². The topological polar surface area (TPSA) is 101 Å². The van der Waals surface area contributed by atoms with Crippen molar-refractivity contribution in [2.75, 3.05) is 0 Å². The van der Waals surface area contributed by atoms with Gasteiger partial charge in [-0.15, -0.1) is 4.80 Å². The Bertz CT molecular complexity index is 1710. The summed E-state index contributed by atoms with van der Waals surface area (Å²) in [5, 5.41) is 9.40. The Morgan fingerprint density at radius 1 is 1.17 bits per heavy atom. The van der Waals surface area contributed by atoms with Crippen molar-refractivity contribution in [3.8, 4) is 5.00 Å². The van der Waals surface area contributed by atoms with Crippen molar-refractivity contribution in [3.05, 3.63) is 73.9 Å². The van der Waals surface area contributed by atoms with Gasteiger partial charge in [0.1, 0.15) is 27.3 Å². The molecule has 1 fully saturated rings. The van der Waals surface area contributed by atoms with Gasteiger partial charge in [0.25, 0.3) is 5.56 Å².